The zero-order chi connectivity index (χ0) is 19.1. The Balaban J connectivity index is 1.59. The van der Waals surface area contributed by atoms with Crippen LogP contribution in [0.25, 0.3) is 0 Å². The number of anilines is 1. The summed E-state index contributed by atoms with van der Waals surface area (Å²) in [5.74, 6) is 1.90. The molecule has 1 amide bonds. The third kappa shape index (κ3) is 5.22. The van der Waals surface area contributed by atoms with Crippen molar-refractivity contribution in [3.63, 3.8) is 0 Å². The number of benzene rings is 2. The molecule has 1 heterocycles. The molecule has 0 atom stereocenters. The van der Waals surface area contributed by atoms with Crippen LogP contribution in [0.3, 0.4) is 0 Å². The molecule has 27 heavy (non-hydrogen) atoms. The van der Waals surface area contributed by atoms with E-state index < -0.39 is 0 Å². The number of nitrogens with zero attached hydrogens (tertiary/aromatic N) is 1. The van der Waals surface area contributed by atoms with Gasteiger partial charge in [0, 0.05) is 18.3 Å². The van der Waals surface area contributed by atoms with Gasteiger partial charge in [0.05, 0.1) is 12.8 Å². The minimum Gasteiger partial charge on any atom is -0.495 e. The lowest BCUT2D eigenvalue weighted by molar-refractivity contribution is -0.118. The van der Waals surface area contributed by atoms with E-state index >= 15 is 0 Å². The number of hydrogen-bond donors (Lipinski definition) is 1. The number of hydrogen-bond acceptors (Lipinski definition) is 5. The standard InChI is InChI=1S/C21H20N2O4/c1-15-9-10-19(25-2)18(12-15)23-20(24)14-26-16-6-5-7-17(13-16)27-21-8-3-4-11-22-21/h3-13H,14H2,1-2H3,(H,23,24). The second kappa shape index (κ2) is 8.71. The Morgan fingerprint density at radius 2 is 1.89 bits per heavy atom. The fraction of sp³-hybridized carbons (Fsp3) is 0.143. The lowest BCUT2D eigenvalue weighted by Crippen LogP contribution is -2.20. The topological polar surface area (TPSA) is 69.7 Å². The molecule has 1 N–H and O–H groups in total. The van der Waals surface area contributed by atoms with Crippen molar-refractivity contribution >= 4 is 11.6 Å². The molecule has 0 unspecified atom stereocenters. The summed E-state index contributed by atoms with van der Waals surface area (Å²) < 4.78 is 16.5. The number of rotatable bonds is 7. The lowest BCUT2D eigenvalue weighted by Gasteiger charge is -2.12. The van der Waals surface area contributed by atoms with E-state index in [1.54, 1.807) is 43.6 Å². The predicted molar refractivity (Wildman–Crippen MR) is 103 cm³/mol. The van der Waals surface area contributed by atoms with Crippen LogP contribution in [0.2, 0.25) is 0 Å². The van der Waals surface area contributed by atoms with Gasteiger partial charge in [0.1, 0.15) is 17.2 Å². The fourth-order valence-corrected chi connectivity index (χ4v) is 2.41. The van der Waals surface area contributed by atoms with Gasteiger partial charge in [-0.3, -0.25) is 4.79 Å². The number of aromatic nitrogens is 1. The normalized spacial score (nSPS) is 10.1. The molecule has 0 fully saturated rings. The first kappa shape index (κ1) is 18.3. The van der Waals surface area contributed by atoms with E-state index in [-0.39, 0.29) is 12.5 Å². The van der Waals surface area contributed by atoms with Gasteiger partial charge in [-0.25, -0.2) is 4.98 Å². The predicted octanol–water partition coefficient (Wildman–Crippen LogP) is 4.21. The molecule has 0 aliphatic carbocycles. The van der Waals surface area contributed by atoms with E-state index in [2.05, 4.69) is 10.3 Å². The van der Waals surface area contributed by atoms with E-state index in [9.17, 15) is 4.79 Å². The van der Waals surface area contributed by atoms with Crippen molar-refractivity contribution in [3.8, 4) is 23.1 Å². The highest BCUT2D eigenvalue weighted by Crippen LogP contribution is 2.26. The van der Waals surface area contributed by atoms with Crippen LogP contribution in [0.5, 0.6) is 23.1 Å². The van der Waals surface area contributed by atoms with Crippen LogP contribution in [0.15, 0.2) is 66.9 Å². The highest BCUT2D eigenvalue weighted by molar-refractivity contribution is 5.93. The molecule has 3 rings (SSSR count). The highest BCUT2D eigenvalue weighted by Gasteiger charge is 2.09. The van der Waals surface area contributed by atoms with Crippen molar-refractivity contribution in [3.05, 3.63) is 72.4 Å². The fourth-order valence-electron chi connectivity index (χ4n) is 2.41. The first-order valence-electron chi connectivity index (χ1n) is 8.40. The average molecular weight is 364 g/mol. The number of nitrogens with one attached hydrogen (secondary N) is 1. The molecule has 0 bridgehead atoms. The molecule has 0 aliphatic rings. The third-order valence-electron chi connectivity index (χ3n) is 3.66. The van der Waals surface area contributed by atoms with Crippen molar-refractivity contribution in [2.75, 3.05) is 19.0 Å². The van der Waals surface area contributed by atoms with Gasteiger partial charge >= 0.3 is 0 Å². The van der Waals surface area contributed by atoms with Crippen LogP contribution in [0.4, 0.5) is 5.69 Å². The minimum atomic E-state index is -0.282. The van der Waals surface area contributed by atoms with Crippen LogP contribution >= 0.6 is 0 Å². The second-order valence-corrected chi connectivity index (χ2v) is 5.79. The molecule has 6 heteroatoms. The molecular weight excluding hydrogens is 344 g/mol. The number of amides is 1. The van der Waals surface area contributed by atoms with Crippen molar-refractivity contribution in [1.29, 1.82) is 0 Å². The lowest BCUT2D eigenvalue weighted by atomic mass is 10.2. The summed E-state index contributed by atoms with van der Waals surface area (Å²) in [6, 6.07) is 18.0. The van der Waals surface area contributed by atoms with Gasteiger partial charge in [-0.2, -0.15) is 0 Å². The van der Waals surface area contributed by atoms with Gasteiger partial charge < -0.3 is 19.5 Å². The number of pyridine rings is 1. The van der Waals surface area contributed by atoms with Crippen LogP contribution in [0, 0.1) is 6.92 Å². The Morgan fingerprint density at radius 1 is 1.04 bits per heavy atom. The maximum absolute atomic E-state index is 12.2. The van der Waals surface area contributed by atoms with Gasteiger partial charge in [0.15, 0.2) is 6.61 Å². The summed E-state index contributed by atoms with van der Waals surface area (Å²) in [5, 5.41) is 2.80. The first-order valence-corrected chi connectivity index (χ1v) is 8.40. The SMILES string of the molecule is COc1ccc(C)cc1NC(=O)COc1cccc(Oc2ccccn2)c1. The third-order valence-corrected chi connectivity index (χ3v) is 3.66. The molecule has 0 saturated carbocycles. The van der Waals surface area contributed by atoms with E-state index in [1.165, 1.54) is 0 Å². The minimum absolute atomic E-state index is 0.135. The molecule has 0 saturated heterocycles. The summed E-state index contributed by atoms with van der Waals surface area (Å²) in [6.07, 6.45) is 1.65. The molecule has 1 aromatic heterocycles. The number of carbonyl (C=O) groups is 1. The molecule has 0 spiro atoms. The van der Waals surface area contributed by atoms with Crippen LogP contribution in [-0.4, -0.2) is 24.6 Å². The maximum atomic E-state index is 12.2. The van der Waals surface area contributed by atoms with Crippen molar-refractivity contribution in [2.24, 2.45) is 0 Å². The molecule has 2 aromatic carbocycles. The van der Waals surface area contributed by atoms with Gasteiger partial charge in [-0.05, 0) is 42.8 Å². The van der Waals surface area contributed by atoms with Gasteiger partial charge in [-0.15, -0.1) is 0 Å². The molecule has 3 aromatic rings. The summed E-state index contributed by atoms with van der Waals surface area (Å²) >= 11 is 0. The number of carbonyl (C=O) groups excluding carboxylic acids is 1. The maximum Gasteiger partial charge on any atom is 0.262 e. The second-order valence-electron chi connectivity index (χ2n) is 5.79. The van der Waals surface area contributed by atoms with E-state index in [0.29, 0.717) is 28.8 Å². The molecule has 0 radical (unpaired) electrons. The average Bonchev–Trinajstić information content (AvgIpc) is 2.68. The monoisotopic (exact) mass is 364 g/mol. The Hall–Kier alpha value is -3.54. The smallest absolute Gasteiger partial charge is 0.262 e. The quantitative estimate of drug-likeness (QED) is 0.680. The Bertz CT molecular complexity index is 913. The van der Waals surface area contributed by atoms with Crippen molar-refractivity contribution in [2.45, 2.75) is 6.92 Å². The van der Waals surface area contributed by atoms with Gasteiger partial charge in [-0.1, -0.05) is 18.2 Å². The Labute approximate surface area is 157 Å². The van der Waals surface area contributed by atoms with Gasteiger partial charge in [0.25, 0.3) is 5.91 Å². The van der Waals surface area contributed by atoms with Crippen molar-refractivity contribution < 1.29 is 19.0 Å². The molecule has 138 valence electrons. The number of aryl methyl sites for hydroxylation is 1. The van der Waals surface area contributed by atoms with Crippen LogP contribution in [-0.2, 0) is 4.79 Å². The molecule has 0 aliphatic heterocycles. The zero-order valence-electron chi connectivity index (χ0n) is 15.1. The van der Waals surface area contributed by atoms with E-state index in [1.807, 2.05) is 37.3 Å². The van der Waals surface area contributed by atoms with E-state index in [4.69, 9.17) is 14.2 Å². The van der Waals surface area contributed by atoms with Crippen LogP contribution < -0.4 is 19.5 Å². The number of ether oxygens (including phenoxy) is 3. The highest BCUT2D eigenvalue weighted by atomic mass is 16.5. The zero-order valence-corrected chi connectivity index (χ0v) is 15.1. The van der Waals surface area contributed by atoms with Crippen LogP contribution in [0.1, 0.15) is 5.56 Å². The summed E-state index contributed by atoms with van der Waals surface area (Å²) in [4.78, 5) is 16.3. The van der Waals surface area contributed by atoms with E-state index in [0.717, 1.165) is 5.56 Å². The summed E-state index contributed by atoms with van der Waals surface area (Å²) in [6.45, 7) is 1.81. The first-order chi connectivity index (χ1) is 13.1. The number of methoxy groups -OCH3 is 1. The van der Waals surface area contributed by atoms with Crippen molar-refractivity contribution in [1.82, 2.24) is 4.98 Å². The summed E-state index contributed by atoms with van der Waals surface area (Å²) in [5.41, 5.74) is 1.63. The summed E-state index contributed by atoms with van der Waals surface area (Å²) in [7, 11) is 1.56. The van der Waals surface area contributed by atoms with Gasteiger partial charge in [0.2, 0.25) is 5.88 Å². The molecule has 6 nitrogen and oxygen atoms in total. The largest absolute Gasteiger partial charge is 0.495 e. The Morgan fingerprint density at radius 3 is 2.67 bits per heavy atom. The molecular formula is C21H20N2O4. The Kier molecular flexibility index (Phi) is 5.89.